The van der Waals surface area contributed by atoms with Crippen LogP contribution in [0.3, 0.4) is 0 Å². The summed E-state index contributed by atoms with van der Waals surface area (Å²) in [6.07, 6.45) is 9.21. The minimum Gasteiger partial charge on any atom is -0.314 e. The number of nitrogens with one attached hydrogen (secondary N) is 1. The number of hydrogen-bond acceptors (Lipinski definition) is 2. The average Bonchev–Trinajstić information content (AvgIpc) is 2.89. The van der Waals surface area contributed by atoms with E-state index in [0.717, 1.165) is 13.0 Å². The van der Waals surface area contributed by atoms with Crippen LogP contribution in [-0.2, 0) is 6.42 Å². The topological polar surface area (TPSA) is 29.9 Å². The van der Waals surface area contributed by atoms with Crippen LogP contribution in [0, 0.1) is 6.92 Å². The second-order valence-corrected chi connectivity index (χ2v) is 5.43. The normalized spacial score (nSPS) is 19.5. The second-order valence-electron chi connectivity index (χ2n) is 5.43. The molecule has 1 aliphatic heterocycles. The van der Waals surface area contributed by atoms with E-state index in [-0.39, 0.29) is 0 Å². The SMILES string of the molecule is Cc1ccccc1-n1cc(CC2CCCCN2)cn1. The Morgan fingerprint density at radius 3 is 3.00 bits per heavy atom. The van der Waals surface area contributed by atoms with Crippen LogP contribution in [0.5, 0.6) is 0 Å². The smallest absolute Gasteiger partial charge is 0.0674 e. The Kier molecular flexibility index (Phi) is 3.65. The molecule has 0 spiro atoms. The summed E-state index contributed by atoms with van der Waals surface area (Å²) in [4.78, 5) is 0. The molecule has 1 N–H and O–H groups in total. The molecule has 1 atom stereocenters. The van der Waals surface area contributed by atoms with Crippen molar-refractivity contribution in [3.05, 3.63) is 47.8 Å². The molecule has 3 rings (SSSR count). The van der Waals surface area contributed by atoms with E-state index in [4.69, 9.17) is 0 Å². The molecular weight excluding hydrogens is 234 g/mol. The fraction of sp³-hybridized carbons (Fsp3) is 0.438. The molecule has 1 aliphatic rings. The third-order valence-electron chi connectivity index (χ3n) is 3.89. The number of nitrogens with zero attached hydrogens (tertiary/aromatic N) is 2. The summed E-state index contributed by atoms with van der Waals surface area (Å²) in [6, 6.07) is 9.00. The van der Waals surface area contributed by atoms with Crippen molar-refractivity contribution in [1.82, 2.24) is 15.1 Å². The second kappa shape index (κ2) is 5.57. The molecule has 1 aromatic carbocycles. The third kappa shape index (κ3) is 2.87. The van der Waals surface area contributed by atoms with E-state index in [1.54, 1.807) is 0 Å². The van der Waals surface area contributed by atoms with Gasteiger partial charge in [0, 0.05) is 12.2 Å². The number of para-hydroxylation sites is 1. The van der Waals surface area contributed by atoms with Crippen LogP contribution in [0.4, 0.5) is 0 Å². The molecule has 19 heavy (non-hydrogen) atoms. The van der Waals surface area contributed by atoms with Crippen molar-refractivity contribution in [3.8, 4) is 5.69 Å². The summed E-state index contributed by atoms with van der Waals surface area (Å²) in [5.74, 6) is 0. The Balaban J connectivity index is 1.74. The summed E-state index contributed by atoms with van der Waals surface area (Å²) in [7, 11) is 0. The van der Waals surface area contributed by atoms with Crippen molar-refractivity contribution in [3.63, 3.8) is 0 Å². The third-order valence-corrected chi connectivity index (χ3v) is 3.89. The maximum absolute atomic E-state index is 4.50. The van der Waals surface area contributed by atoms with Crippen LogP contribution in [0.25, 0.3) is 5.69 Å². The molecule has 0 bridgehead atoms. The minimum atomic E-state index is 0.628. The molecule has 0 radical (unpaired) electrons. The number of rotatable bonds is 3. The molecule has 3 nitrogen and oxygen atoms in total. The first-order valence-electron chi connectivity index (χ1n) is 7.16. The first-order chi connectivity index (χ1) is 9.33. The van der Waals surface area contributed by atoms with Crippen LogP contribution < -0.4 is 5.32 Å². The van der Waals surface area contributed by atoms with E-state index in [1.165, 1.54) is 36.1 Å². The summed E-state index contributed by atoms with van der Waals surface area (Å²) >= 11 is 0. The van der Waals surface area contributed by atoms with Gasteiger partial charge < -0.3 is 5.32 Å². The van der Waals surface area contributed by atoms with E-state index in [0.29, 0.717) is 6.04 Å². The van der Waals surface area contributed by atoms with Gasteiger partial charge in [-0.2, -0.15) is 5.10 Å². The van der Waals surface area contributed by atoms with Crippen LogP contribution in [0.15, 0.2) is 36.7 Å². The molecular formula is C16H21N3. The highest BCUT2D eigenvalue weighted by atomic mass is 15.3. The number of aryl methyl sites for hydroxylation is 1. The number of piperidine rings is 1. The zero-order valence-corrected chi connectivity index (χ0v) is 11.5. The minimum absolute atomic E-state index is 0.628. The Bertz CT molecular complexity index is 538. The molecule has 3 heteroatoms. The van der Waals surface area contributed by atoms with E-state index in [2.05, 4.69) is 47.8 Å². The largest absolute Gasteiger partial charge is 0.314 e. The van der Waals surface area contributed by atoms with Gasteiger partial charge in [0.05, 0.1) is 11.9 Å². The van der Waals surface area contributed by atoms with Crippen molar-refractivity contribution < 1.29 is 0 Å². The van der Waals surface area contributed by atoms with Crippen molar-refractivity contribution in [2.24, 2.45) is 0 Å². The van der Waals surface area contributed by atoms with Gasteiger partial charge in [-0.25, -0.2) is 4.68 Å². The Morgan fingerprint density at radius 2 is 2.21 bits per heavy atom. The quantitative estimate of drug-likeness (QED) is 0.914. The van der Waals surface area contributed by atoms with Gasteiger partial charge >= 0.3 is 0 Å². The number of hydrogen-bond donors (Lipinski definition) is 1. The van der Waals surface area contributed by atoms with E-state index in [9.17, 15) is 0 Å². The summed E-state index contributed by atoms with van der Waals surface area (Å²) < 4.78 is 1.99. The lowest BCUT2D eigenvalue weighted by Gasteiger charge is -2.22. The number of aromatic nitrogens is 2. The highest BCUT2D eigenvalue weighted by Crippen LogP contribution is 2.16. The van der Waals surface area contributed by atoms with Gasteiger partial charge in [-0.05, 0) is 49.9 Å². The summed E-state index contributed by atoms with van der Waals surface area (Å²) in [5.41, 5.74) is 3.75. The summed E-state index contributed by atoms with van der Waals surface area (Å²) in [6.45, 7) is 3.29. The average molecular weight is 255 g/mol. The lowest BCUT2D eigenvalue weighted by Crippen LogP contribution is -2.35. The monoisotopic (exact) mass is 255 g/mol. The molecule has 1 unspecified atom stereocenters. The fourth-order valence-corrected chi connectivity index (χ4v) is 2.80. The van der Waals surface area contributed by atoms with Crippen molar-refractivity contribution >= 4 is 0 Å². The first kappa shape index (κ1) is 12.4. The van der Waals surface area contributed by atoms with Crippen LogP contribution in [0.2, 0.25) is 0 Å². The molecule has 0 amide bonds. The molecule has 100 valence electrons. The lowest BCUT2D eigenvalue weighted by atomic mass is 9.99. The first-order valence-corrected chi connectivity index (χ1v) is 7.16. The molecule has 0 aliphatic carbocycles. The van der Waals surface area contributed by atoms with Gasteiger partial charge in [0.25, 0.3) is 0 Å². The molecule has 2 heterocycles. The maximum atomic E-state index is 4.50. The van der Waals surface area contributed by atoms with Crippen LogP contribution in [0.1, 0.15) is 30.4 Å². The zero-order valence-electron chi connectivity index (χ0n) is 11.5. The van der Waals surface area contributed by atoms with Gasteiger partial charge in [-0.1, -0.05) is 24.6 Å². The van der Waals surface area contributed by atoms with Crippen LogP contribution >= 0.6 is 0 Å². The lowest BCUT2D eigenvalue weighted by molar-refractivity contribution is 0.399. The Morgan fingerprint density at radius 1 is 1.32 bits per heavy atom. The van der Waals surface area contributed by atoms with Gasteiger partial charge in [-0.15, -0.1) is 0 Å². The fourth-order valence-electron chi connectivity index (χ4n) is 2.80. The Hall–Kier alpha value is -1.61. The molecule has 1 aromatic heterocycles. The van der Waals surface area contributed by atoms with Crippen molar-refractivity contribution in [2.75, 3.05) is 6.54 Å². The van der Waals surface area contributed by atoms with Crippen LogP contribution in [-0.4, -0.2) is 22.4 Å². The Labute approximate surface area is 114 Å². The van der Waals surface area contributed by atoms with Crippen molar-refractivity contribution in [1.29, 1.82) is 0 Å². The molecule has 2 aromatic rings. The van der Waals surface area contributed by atoms with Gasteiger partial charge in [0.15, 0.2) is 0 Å². The highest BCUT2D eigenvalue weighted by molar-refractivity contribution is 5.39. The van der Waals surface area contributed by atoms with Gasteiger partial charge in [0.2, 0.25) is 0 Å². The zero-order chi connectivity index (χ0) is 13.1. The van der Waals surface area contributed by atoms with E-state index in [1.807, 2.05) is 10.9 Å². The van der Waals surface area contributed by atoms with Gasteiger partial charge in [-0.3, -0.25) is 0 Å². The van der Waals surface area contributed by atoms with E-state index < -0.39 is 0 Å². The predicted octanol–water partition coefficient (Wildman–Crippen LogP) is 2.87. The number of benzene rings is 1. The molecule has 1 saturated heterocycles. The standard InChI is InChI=1S/C16H21N3/c1-13-6-2-3-8-16(13)19-12-14(11-18-19)10-15-7-4-5-9-17-15/h2-3,6,8,11-12,15,17H,4-5,7,9-10H2,1H3. The highest BCUT2D eigenvalue weighted by Gasteiger charge is 2.14. The summed E-state index contributed by atoms with van der Waals surface area (Å²) in [5, 5.41) is 8.09. The maximum Gasteiger partial charge on any atom is 0.0674 e. The van der Waals surface area contributed by atoms with Gasteiger partial charge in [0.1, 0.15) is 0 Å². The van der Waals surface area contributed by atoms with Crippen molar-refractivity contribution in [2.45, 2.75) is 38.6 Å². The predicted molar refractivity (Wildman–Crippen MR) is 77.6 cm³/mol. The molecule has 1 fully saturated rings. The van der Waals surface area contributed by atoms with E-state index >= 15 is 0 Å². The molecule has 0 saturated carbocycles.